The van der Waals surface area contributed by atoms with Crippen molar-refractivity contribution < 1.29 is 13.2 Å². The summed E-state index contributed by atoms with van der Waals surface area (Å²) in [7, 11) is 0.00408. The predicted octanol–water partition coefficient (Wildman–Crippen LogP) is 2.50. The van der Waals surface area contributed by atoms with Crippen molar-refractivity contribution in [3.63, 3.8) is 0 Å². The Kier molecular flexibility index (Phi) is 7.61. The molecular weight excluding hydrogens is 392 g/mol. The number of hydrogen-bond donors (Lipinski definition) is 1. The van der Waals surface area contributed by atoms with Gasteiger partial charge in [0.1, 0.15) is 5.75 Å². The van der Waals surface area contributed by atoms with Gasteiger partial charge in [-0.05, 0) is 44.5 Å². The number of hydrogen-bond acceptors (Lipinski definition) is 4. The summed E-state index contributed by atoms with van der Waals surface area (Å²) in [5.41, 5.74) is 0. The standard InChI is InChI=1S/C14H21BrN2O3S.ClH/c1-16-10-11-3-5-17(6-4-11)21(18,19)14-8-12(15)7-13(9-14)20-2;/h7-9,11,16H,3-6,10H2,1-2H3;1H. The lowest BCUT2D eigenvalue weighted by Crippen LogP contribution is -2.40. The third-order valence-electron chi connectivity index (χ3n) is 3.78. The largest absolute Gasteiger partial charge is 0.497 e. The summed E-state index contributed by atoms with van der Waals surface area (Å²) < 4.78 is 32.8. The lowest BCUT2D eigenvalue weighted by Gasteiger charge is -2.31. The third kappa shape index (κ3) is 4.58. The molecule has 1 heterocycles. The average molecular weight is 414 g/mol. The number of piperidine rings is 1. The molecule has 0 atom stereocenters. The van der Waals surface area contributed by atoms with E-state index in [1.54, 1.807) is 22.5 Å². The molecule has 0 aliphatic carbocycles. The molecule has 1 aliphatic rings. The maximum absolute atomic E-state index is 12.7. The van der Waals surface area contributed by atoms with Crippen molar-refractivity contribution in [1.29, 1.82) is 0 Å². The molecule has 2 rings (SSSR count). The fourth-order valence-corrected chi connectivity index (χ4v) is 4.75. The smallest absolute Gasteiger partial charge is 0.243 e. The number of nitrogens with zero attached hydrogens (tertiary/aromatic N) is 1. The lowest BCUT2D eigenvalue weighted by molar-refractivity contribution is 0.270. The first-order valence-corrected chi connectivity index (χ1v) is 9.20. The molecule has 1 aromatic rings. The second-order valence-electron chi connectivity index (χ2n) is 5.23. The summed E-state index contributed by atoms with van der Waals surface area (Å²) in [4.78, 5) is 0.279. The van der Waals surface area contributed by atoms with Gasteiger partial charge in [-0.3, -0.25) is 0 Å². The summed E-state index contributed by atoms with van der Waals surface area (Å²) in [5, 5.41) is 3.15. The summed E-state index contributed by atoms with van der Waals surface area (Å²) in [6.45, 7) is 2.09. The first kappa shape index (κ1) is 19.7. The highest BCUT2D eigenvalue weighted by Crippen LogP contribution is 2.28. The van der Waals surface area contributed by atoms with E-state index in [1.807, 2.05) is 7.05 Å². The fourth-order valence-electron chi connectivity index (χ4n) is 2.60. The molecule has 0 bridgehead atoms. The van der Waals surface area contributed by atoms with Crippen LogP contribution >= 0.6 is 28.3 Å². The quantitative estimate of drug-likeness (QED) is 0.806. The van der Waals surface area contributed by atoms with Crippen LogP contribution in [-0.2, 0) is 10.0 Å². The van der Waals surface area contributed by atoms with Crippen LogP contribution in [0.5, 0.6) is 5.75 Å². The molecule has 0 amide bonds. The Hall–Kier alpha value is -0.340. The van der Waals surface area contributed by atoms with Gasteiger partial charge in [0.15, 0.2) is 0 Å². The highest BCUT2D eigenvalue weighted by molar-refractivity contribution is 9.10. The Labute approximate surface area is 147 Å². The summed E-state index contributed by atoms with van der Waals surface area (Å²) in [5.74, 6) is 1.09. The average Bonchev–Trinajstić information content (AvgIpc) is 2.47. The normalized spacial score (nSPS) is 17.0. The van der Waals surface area contributed by atoms with E-state index in [0.717, 1.165) is 19.4 Å². The molecule has 5 nitrogen and oxygen atoms in total. The summed E-state index contributed by atoms with van der Waals surface area (Å²) in [6, 6.07) is 4.94. The van der Waals surface area contributed by atoms with Gasteiger partial charge in [-0.2, -0.15) is 4.31 Å². The first-order valence-electron chi connectivity index (χ1n) is 6.96. The molecule has 0 spiro atoms. The van der Waals surface area contributed by atoms with Crippen LogP contribution in [0.1, 0.15) is 12.8 Å². The minimum Gasteiger partial charge on any atom is -0.497 e. The van der Waals surface area contributed by atoms with Gasteiger partial charge in [0.2, 0.25) is 10.0 Å². The molecule has 1 aliphatic heterocycles. The van der Waals surface area contributed by atoms with Gasteiger partial charge in [0, 0.05) is 23.6 Å². The zero-order valence-corrected chi connectivity index (χ0v) is 15.9. The zero-order chi connectivity index (χ0) is 15.5. The Morgan fingerprint density at radius 3 is 2.50 bits per heavy atom. The fraction of sp³-hybridized carbons (Fsp3) is 0.571. The second-order valence-corrected chi connectivity index (χ2v) is 8.09. The van der Waals surface area contributed by atoms with Gasteiger partial charge < -0.3 is 10.1 Å². The first-order chi connectivity index (χ1) is 9.97. The van der Waals surface area contributed by atoms with E-state index in [9.17, 15) is 8.42 Å². The van der Waals surface area contributed by atoms with Crippen molar-refractivity contribution in [3.8, 4) is 5.75 Å². The lowest BCUT2D eigenvalue weighted by atomic mass is 9.98. The maximum Gasteiger partial charge on any atom is 0.243 e. The minimum absolute atomic E-state index is 0. The summed E-state index contributed by atoms with van der Waals surface area (Å²) in [6.07, 6.45) is 1.79. The van der Waals surface area contributed by atoms with E-state index in [1.165, 1.54) is 7.11 Å². The van der Waals surface area contributed by atoms with Crippen LogP contribution in [0.15, 0.2) is 27.6 Å². The van der Waals surface area contributed by atoms with Crippen molar-refractivity contribution >= 4 is 38.4 Å². The van der Waals surface area contributed by atoms with Crippen molar-refractivity contribution in [2.24, 2.45) is 5.92 Å². The van der Waals surface area contributed by atoms with Crippen LogP contribution in [0.2, 0.25) is 0 Å². The van der Waals surface area contributed by atoms with Gasteiger partial charge in [-0.1, -0.05) is 15.9 Å². The SMILES string of the molecule is CNCC1CCN(S(=O)(=O)c2cc(Br)cc(OC)c2)CC1.Cl. The Morgan fingerprint density at radius 1 is 1.32 bits per heavy atom. The third-order valence-corrected chi connectivity index (χ3v) is 6.12. The molecule has 1 N–H and O–H groups in total. The van der Waals surface area contributed by atoms with E-state index < -0.39 is 10.0 Å². The molecule has 0 aromatic heterocycles. The van der Waals surface area contributed by atoms with Crippen molar-refractivity contribution in [3.05, 3.63) is 22.7 Å². The van der Waals surface area contributed by atoms with Crippen LogP contribution in [-0.4, -0.2) is 46.5 Å². The molecule has 0 radical (unpaired) electrons. The number of methoxy groups -OCH3 is 1. The number of nitrogens with one attached hydrogen (secondary N) is 1. The van der Waals surface area contributed by atoms with Crippen LogP contribution in [0.4, 0.5) is 0 Å². The molecular formula is C14H22BrClN2O3S. The van der Waals surface area contributed by atoms with E-state index in [2.05, 4.69) is 21.2 Å². The van der Waals surface area contributed by atoms with Crippen molar-refractivity contribution in [2.45, 2.75) is 17.7 Å². The van der Waals surface area contributed by atoms with Crippen LogP contribution in [0.3, 0.4) is 0 Å². The number of halogens is 2. The molecule has 1 saturated heterocycles. The topological polar surface area (TPSA) is 58.6 Å². The number of benzene rings is 1. The van der Waals surface area contributed by atoms with Gasteiger partial charge in [-0.15, -0.1) is 12.4 Å². The highest BCUT2D eigenvalue weighted by Gasteiger charge is 2.29. The van der Waals surface area contributed by atoms with Crippen molar-refractivity contribution in [2.75, 3.05) is 33.8 Å². The Balaban J connectivity index is 0.00000242. The predicted molar refractivity (Wildman–Crippen MR) is 93.4 cm³/mol. The molecule has 8 heteroatoms. The molecule has 1 fully saturated rings. The van der Waals surface area contributed by atoms with Crippen LogP contribution < -0.4 is 10.1 Å². The zero-order valence-electron chi connectivity index (χ0n) is 12.7. The molecule has 1 aromatic carbocycles. The van der Waals surface area contributed by atoms with Gasteiger partial charge in [0.05, 0.1) is 12.0 Å². The van der Waals surface area contributed by atoms with E-state index in [4.69, 9.17) is 4.74 Å². The number of sulfonamides is 1. The molecule has 0 saturated carbocycles. The molecule has 22 heavy (non-hydrogen) atoms. The Morgan fingerprint density at radius 2 is 1.95 bits per heavy atom. The second kappa shape index (κ2) is 8.49. The summed E-state index contributed by atoms with van der Waals surface area (Å²) >= 11 is 3.33. The van der Waals surface area contributed by atoms with Crippen LogP contribution in [0.25, 0.3) is 0 Å². The molecule has 0 unspecified atom stereocenters. The van der Waals surface area contributed by atoms with E-state index in [-0.39, 0.29) is 17.3 Å². The molecule has 126 valence electrons. The van der Waals surface area contributed by atoms with Crippen LogP contribution in [0, 0.1) is 5.92 Å². The highest BCUT2D eigenvalue weighted by atomic mass is 79.9. The van der Waals surface area contributed by atoms with E-state index >= 15 is 0 Å². The van der Waals surface area contributed by atoms with E-state index in [0.29, 0.717) is 29.2 Å². The monoisotopic (exact) mass is 412 g/mol. The Bertz CT molecular complexity index is 590. The number of ether oxygens (including phenoxy) is 1. The van der Waals surface area contributed by atoms with Gasteiger partial charge >= 0.3 is 0 Å². The minimum atomic E-state index is -3.45. The van der Waals surface area contributed by atoms with Gasteiger partial charge in [-0.25, -0.2) is 8.42 Å². The van der Waals surface area contributed by atoms with Crippen molar-refractivity contribution in [1.82, 2.24) is 9.62 Å². The number of rotatable bonds is 5. The van der Waals surface area contributed by atoms with Gasteiger partial charge in [0.25, 0.3) is 0 Å². The maximum atomic E-state index is 12.7.